The number of halogens is 3. The highest BCUT2D eigenvalue weighted by molar-refractivity contribution is 6.44. The van der Waals surface area contributed by atoms with Gasteiger partial charge in [0.25, 0.3) is 5.91 Å². The molecule has 1 aromatic heterocycles. The van der Waals surface area contributed by atoms with E-state index in [0.717, 1.165) is 25.9 Å². The van der Waals surface area contributed by atoms with E-state index in [9.17, 15) is 9.59 Å². The van der Waals surface area contributed by atoms with Gasteiger partial charge in [0, 0.05) is 13.1 Å². The summed E-state index contributed by atoms with van der Waals surface area (Å²) >= 11 is 17.8. The molecule has 1 unspecified atom stereocenters. The molecule has 0 saturated carbocycles. The second-order valence-corrected chi connectivity index (χ2v) is 7.48. The van der Waals surface area contributed by atoms with Crippen molar-refractivity contribution in [1.82, 2.24) is 10.2 Å². The number of carbonyl (C=O) groups is 2. The Kier molecular flexibility index (Phi) is 6.59. The third kappa shape index (κ3) is 4.84. The number of ether oxygens (including phenoxy) is 1. The highest BCUT2D eigenvalue weighted by Gasteiger charge is 2.22. The van der Waals surface area contributed by atoms with Crippen LogP contribution in [0.15, 0.2) is 24.3 Å². The molecule has 0 spiro atoms. The van der Waals surface area contributed by atoms with Crippen LogP contribution in [0.2, 0.25) is 15.1 Å². The number of esters is 1. The van der Waals surface area contributed by atoms with Gasteiger partial charge in [0.05, 0.1) is 20.8 Å². The van der Waals surface area contributed by atoms with Crippen LogP contribution in [0.5, 0.6) is 0 Å². The molecule has 2 aromatic rings. The Morgan fingerprint density at radius 2 is 1.75 bits per heavy atom. The molecule has 1 N–H and O–H groups in total. The van der Waals surface area contributed by atoms with Crippen LogP contribution in [0.3, 0.4) is 0 Å². The van der Waals surface area contributed by atoms with Gasteiger partial charge in [0.2, 0.25) is 0 Å². The lowest BCUT2D eigenvalue weighted by atomic mass is 10.3. The Labute approximate surface area is 176 Å². The van der Waals surface area contributed by atoms with Crippen LogP contribution in [-0.2, 0) is 9.53 Å². The summed E-state index contributed by atoms with van der Waals surface area (Å²) in [5.41, 5.74) is 0.286. The highest BCUT2D eigenvalue weighted by atomic mass is 35.5. The van der Waals surface area contributed by atoms with E-state index in [1.807, 2.05) is 0 Å². The average Bonchev–Trinajstić information content (AvgIpc) is 3.21. The van der Waals surface area contributed by atoms with E-state index in [-0.39, 0.29) is 26.4 Å². The molecule has 28 heavy (non-hydrogen) atoms. The molecule has 1 fully saturated rings. The quantitative estimate of drug-likeness (QED) is 0.550. The maximum Gasteiger partial charge on any atom is 0.359 e. The van der Waals surface area contributed by atoms with Crippen molar-refractivity contribution in [2.45, 2.75) is 25.9 Å². The summed E-state index contributed by atoms with van der Waals surface area (Å²) in [7, 11) is 0. The topological polar surface area (TPSA) is 84.4 Å². The smallest absolute Gasteiger partial charge is 0.359 e. The van der Waals surface area contributed by atoms with Crippen molar-refractivity contribution in [3.05, 3.63) is 45.0 Å². The number of carbonyl (C=O) groups excluding carboxylic acids is 2. The maximum atomic E-state index is 12.3. The molecule has 148 valence electrons. The first kappa shape index (κ1) is 20.6. The minimum atomic E-state index is -1.09. The minimum absolute atomic E-state index is 0.0233. The van der Waals surface area contributed by atoms with Gasteiger partial charge >= 0.3 is 5.97 Å². The summed E-state index contributed by atoms with van der Waals surface area (Å²) in [5, 5.41) is 11.2. The number of benzene rings is 1. The largest absolute Gasteiger partial charge is 0.448 e. The molecular weight excluding hydrogens is 427 g/mol. The third-order valence-corrected chi connectivity index (χ3v) is 5.25. The number of nitrogens with zero attached hydrogens (tertiary/aromatic N) is 3. The van der Waals surface area contributed by atoms with Crippen LogP contribution >= 0.6 is 34.8 Å². The van der Waals surface area contributed by atoms with E-state index in [2.05, 4.69) is 20.4 Å². The van der Waals surface area contributed by atoms with Crippen LogP contribution in [0, 0.1) is 0 Å². The Hall–Kier alpha value is -2.09. The first-order chi connectivity index (χ1) is 13.3. The van der Waals surface area contributed by atoms with E-state index in [0.29, 0.717) is 5.82 Å². The summed E-state index contributed by atoms with van der Waals surface area (Å²) in [6.45, 7) is 3.28. The average molecular weight is 444 g/mol. The molecule has 1 amide bonds. The summed E-state index contributed by atoms with van der Waals surface area (Å²) in [4.78, 5) is 26.6. The molecule has 7 nitrogen and oxygen atoms in total. The molecule has 0 radical (unpaired) electrons. The Morgan fingerprint density at radius 1 is 1.07 bits per heavy atom. The molecule has 3 rings (SSSR count). The van der Waals surface area contributed by atoms with Crippen molar-refractivity contribution >= 4 is 58.2 Å². The van der Waals surface area contributed by atoms with Crippen molar-refractivity contribution in [3.63, 3.8) is 0 Å². The number of nitrogens with one attached hydrogen (secondary N) is 1. The fraction of sp³-hybridized carbons (Fsp3) is 0.333. The molecule has 2 heterocycles. The molecule has 0 bridgehead atoms. The van der Waals surface area contributed by atoms with Crippen LogP contribution in [-0.4, -0.2) is 41.3 Å². The van der Waals surface area contributed by atoms with Gasteiger partial charge in [-0.05, 0) is 44.0 Å². The van der Waals surface area contributed by atoms with Gasteiger partial charge in [-0.1, -0.05) is 34.8 Å². The maximum absolute atomic E-state index is 12.3. The van der Waals surface area contributed by atoms with Crippen molar-refractivity contribution < 1.29 is 14.3 Å². The van der Waals surface area contributed by atoms with Gasteiger partial charge in [0.15, 0.2) is 17.6 Å². The zero-order valence-corrected chi connectivity index (χ0v) is 17.2. The van der Waals surface area contributed by atoms with Crippen molar-refractivity contribution in [3.8, 4) is 0 Å². The summed E-state index contributed by atoms with van der Waals surface area (Å²) in [6, 6.07) is 6.08. The molecule has 1 aliphatic rings. The zero-order chi connectivity index (χ0) is 20.3. The van der Waals surface area contributed by atoms with Crippen LogP contribution in [0.25, 0.3) is 0 Å². The Balaban J connectivity index is 1.60. The first-order valence-electron chi connectivity index (χ1n) is 8.60. The van der Waals surface area contributed by atoms with Gasteiger partial charge in [-0.25, -0.2) is 4.79 Å². The number of aromatic nitrogens is 2. The standard InChI is InChI=1S/C18H17Cl3N4O3/c1-10(17(26)22-15-9-12(20)11(19)8-13(15)21)28-18(27)14-4-5-16(24-23-14)25-6-2-3-7-25/h4-5,8-10H,2-3,6-7H2,1H3,(H,22,26). The monoisotopic (exact) mass is 442 g/mol. The van der Waals surface area contributed by atoms with E-state index in [1.54, 1.807) is 6.07 Å². The number of rotatable bonds is 5. The van der Waals surface area contributed by atoms with E-state index >= 15 is 0 Å². The summed E-state index contributed by atoms with van der Waals surface area (Å²) in [6.07, 6.45) is 1.14. The fourth-order valence-corrected chi connectivity index (χ4v) is 3.27. The minimum Gasteiger partial charge on any atom is -0.448 e. The molecule has 1 atom stereocenters. The fourth-order valence-electron chi connectivity index (χ4n) is 2.68. The van der Waals surface area contributed by atoms with E-state index in [1.165, 1.54) is 25.1 Å². The molecule has 10 heteroatoms. The van der Waals surface area contributed by atoms with Crippen LogP contribution in [0.1, 0.15) is 30.3 Å². The number of hydrogen-bond donors (Lipinski definition) is 1. The Morgan fingerprint density at radius 3 is 2.39 bits per heavy atom. The SMILES string of the molecule is CC(OC(=O)c1ccc(N2CCCC2)nn1)C(=O)Nc1cc(Cl)c(Cl)cc1Cl. The van der Waals surface area contributed by atoms with Gasteiger partial charge < -0.3 is 15.0 Å². The van der Waals surface area contributed by atoms with Crippen molar-refractivity contribution in [2.75, 3.05) is 23.3 Å². The molecule has 0 aliphatic carbocycles. The third-order valence-electron chi connectivity index (χ3n) is 4.21. The summed E-state index contributed by atoms with van der Waals surface area (Å²) in [5.74, 6) is -0.604. The number of anilines is 2. The van der Waals surface area contributed by atoms with E-state index < -0.39 is 18.0 Å². The Bertz CT molecular complexity index is 886. The lowest BCUT2D eigenvalue weighted by Crippen LogP contribution is -2.30. The summed E-state index contributed by atoms with van der Waals surface area (Å²) < 4.78 is 5.16. The van der Waals surface area contributed by atoms with Crippen molar-refractivity contribution in [2.24, 2.45) is 0 Å². The number of hydrogen-bond acceptors (Lipinski definition) is 6. The molecule has 1 saturated heterocycles. The lowest BCUT2D eigenvalue weighted by molar-refractivity contribution is -0.123. The molecular formula is C18H17Cl3N4O3. The van der Waals surface area contributed by atoms with Gasteiger partial charge in [0.1, 0.15) is 0 Å². The van der Waals surface area contributed by atoms with Gasteiger partial charge in [-0.15, -0.1) is 10.2 Å². The van der Waals surface area contributed by atoms with Gasteiger partial charge in [-0.3, -0.25) is 4.79 Å². The molecule has 1 aliphatic heterocycles. The zero-order valence-electron chi connectivity index (χ0n) is 14.9. The highest BCUT2D eigenvalue weighted by Crippen LogP contribution is 2.32. The normalized spacial score (nSPS) is 14.6. The number of amides is 1. The lowest BCUT2D eigenvalue weighted by Gasteiger charge is -2.16. The van der Waals surface area contributed by atoms with Crippen molar-refractivity contribution in [1.29, 1.82) is 0 Å². The first-order valence-corrected chi connectivity index (χ1v) is 9.73. The van der Waals surface area contributed by atoms with Gasteiger partial charge in [-0.2, -0.15) is 0 Å². The van der Waals surface area contributed by atoms with Crippen LogP contribution in [0.4, 0.5) is 11.5 Å². The second kappa shape index (κ2) is 8.94. The second-order valence-electron chi connectivity index (χ2n) is 6.25. The predicted octanol–water partition coefficient (Wildman–Crippen LogP) is 4.22. The van der Waals surface area contributed by atoms with Crippen LogP contribution < -0.4 is 10.2 Å². The molecule has 1 aromatic carbocycles. The van der Waals surface area contributed by atoms with E-state index in [4.69, 9.17) is 39.5 Å². The predicted molar refractivity (Wildman–Crippen MR) is 108 cm³/mol.